The highest BCUT2D eigenvalue weighted by atomic mass is 16.5. The number of likely N-dealkylation sites (tertiary alicyclic amines) is 1. The number of carbonyl (C=O) groups excluding carboxylic acids is 2. The second-order valence-electron chi connectivity index (χ2n) is 10.9. The van der Waals surface area contributed by atoms with Gasteiger partial charge in [0.15, 0.2) is 0 Å². The minimum atomic E-state index is -0.997. The number of rotatable bonds is 6. The molecule has 0 radical (unpaired) electrons. The maximum Gasteiger partial charge on any atom is 0.407 e. The fourth-order valence-electron chi connectivity index (χ4n) is 5.49. The number of hydrogen-bond donors (Lipinski definition) is 2. The van der Waals surface area contributed by atoms with Crippen molar-refractivity contribution in [1.29, 1.82) is 0 Å². The van der Waals surface area contributed by atoms with E-state index in [1.807, 2.05) is 38.1 Å². The zero-order chi connectivity index (χ0) is 25.4. The highest BCUT2D eigenvalue weighted by Gasteiger charge is 2.47. The molecule has 2 aromatic carbocycles. The normalized spacial score (nSPS) is 19.0. The molecule has 2 aromatic rings. The molecule has 1 heterocycles. The quantitative estimate of drug-likeness (QED) is 0.630. The van der Waals surface area contributed by atoms with E-state index in [1.165, 1.54) is 4.90 Å². The standard InChI is InChI=1S/C28H34N2O5/c1-27(2)14-9-15-30(23(27)24(31)32)25(33)28(3,4)17-29-26(34)35-16-22-20-12-7-5-10-18(20)19-11-6-8-13-21(19)22/h5-8,10-13,22-23H,9,14-17H2,1-4H3,(H,29,34)(H,31,32). The number of ether oxygens (including phenoxy) is 1. The molecule has 1 fully saturated rings. The number of fused-ring (bicyclic) bond motifs is 3. The zero-order valence-corrected chi connectivity index (χ0v) is 20.8. The Bertz CT molecular complexity index is 1090. The lowest BCUT2D eigenvalue weighted by atomic mass is 9.75. The van der Waals surface area contributed by atoms with Crippen molar-refractivity contribution < 1.29 is 24.2 Å². The summed E-state index contributed by atoms with van der Waals surface area (Å²) in [5.41, 5.74) is 3.07. The van der Waals surface area contributed by atoms with Gasteiger partial charge in [0.25, 0.3) is 0 Å². The van der Waals surface area contributed by atoms with Gasteiger partial charge in [-0.15, -0.1) is 0 Å². The molecular formula is C28H34N2O5. The van der Waals surface area contributed by atoms with Crippen molar-refractivity contribution in [2.24, 2.45) is 10.8 Å². The van der Waals surface area contributed by atoms with E-state index < -0.39 is 28.9 Å². The number of carboxylic acids is 1. The molecule has 2 amide bonds. The minimum Gasteiger partial charge on any atom is -0.480 e. The van der Waals surface area contributed by atoms with Gasteiger partial charge in [0.1, 0.15) is 12.6 Å². The van der Waals surface area contributed by atoms with Crippen LogP contribution in [0, 0.1) is 10.8 Å². The molecular weight excluding hydrogens is 444 g/mol. The van der Waals surface area contributed by atoms with Crippen molar-refractivity contribution in [2.75, 3.05) is 19.7 Å². The third kappa shape index (κ3) is 4.77. The number of carbonyl (C=O) groups is 3. The predicted octanol–water partition coefficient (Wildman–Crippen LogP) is 4.65. The fraction of sp³-hybridized carbons (Fsp3) is 0.464. The van der Waals surface area contributed by atoms with Crippen molar-refractivity contribution in [2.45, 2.75) is 52.5 Å². The molecule has 1 unspecified atom stereocenters. The third-order valence-electron chi connectivity index (χ3n) is 7.36. The van der Waals surface area contributed by atoms with Gasteiger partial charge >= 0.3 is 12.1 Å². The second-order valence-corrected chi connectivity index (χ2v) is 10.9. The summed E-state index contributed by atoms with van der Waals surface area (Å²) in [5, 5.41) is 12.5. The number of hydrogen-bond acceptors (Lipinski definition) is 4. The number of piperidine rings is 1. The minimum absolute atomic E-state index is 0.0466. The van der Waals surface area contributed by atoms with Crippen LogP contribution in [-0.4, -0.2) is 53.7 Å². The Labute approximate surface area is 206 Å². The Hall–Kier alpha value is -3.35. The van der Waals surface area contributed by atoms with Crippen LogP contribution in [0.15, 0.2) is 48.5 Å². The Morgan fingerprint density at radius 3 is 2.20 bits per heavy atom. The molecule has 1 saturated heterocycles. The molecule has 0 spiro atoms. The SMILES string of the molecule is CC(C)(CNC(=O)OCC1c2ccccc2-c2ccccc21)C(=O)N1CCCC(C)(C)C1C(=O)O. The second kappa shape index (κ2) is 9.36. The van der Waals surface area contributed by atoms with Crippen molar-refractivity contribution in [1.82, 2.24) is 10.2 Å². The highest BCUT2D eigenvalue weighted by Crippen LogP contribution is 2.44. The van der Waals surface area contributed by atoms with Crippen LogP contribution in [0.1, 0.15) is 57.6 Å². The molecule has 0 aromatic heterocycles. The number of nitrogens with zero attached hydrogens (tertiary/aromatic N) is 1. The van der Waals surface area contributed by atoms with Crippen molar-refractivity contribution >= 4 is 18.0 Å². The van der Waals surface area contributed by atoms with Crippen LogP contribution >= 0.6 is 0 Å². The van der Waals surface area contributed by atoms with Gasteiger partial charge in [-0.1, -0.05) is 62.4 Å². The number of benzene rings is 2. The highest BCUT2D eigenvalue weighted by molar-refractivity contribution is 5.88. The summed E-state index contributed by atoms with van der Waals surface area (Å²) in [6.45, 7) is 7.84. The van der Waals surface area contributed by atoms with Crippen LogP contribution in [0.2, 0.25) is 0 Å². The van der Waals surface area contributed by atoms with Gasteiger partial charge < -0.3 is 20.1 Å². The summed E-state index contributed by atoms with van der Waals surface area (Å²) in [4.78, 5) is 39.4. The first-order valence-electron chi connectivity index (χ1n) is 12.2. The van der Waals surface area contributed by atoms with E-state index in [4.69, 9.17) is 4.74 Å². The van der Waals surface area contributed by atoms with E-state index in [0.29, 0.717) is 6.54 Å². The molecule has 2 N–H and O–H groups in total. The van der Waals surface area contributed by atoms with Crippen LogP contribution in [-0.2, 0) is 14.3 Å². The molecule has 0 bridgehead atoms. The molecule has 1 aliphatic carbocycles. The van der Waals surface area contributed by atoms with E-state index in [0.717, 1.165) is 35.1 Å². The van der Waals surface area contributed by atoms with Gasteiger partial charge in [0.05, 0.1) is 5.41 Å². The molecule has 186 valence electrons. The molecule has 0 saturated carbocycles. The molecule has 1 aliphatic heterocycles. The van der Waals surface area contributed by atoms with Gasteiger partial charge in [-0.25, -0.2) is 9.59 Å². The Kier molecular flexibility index (Phi) is 6.62. The summed E-state index contributed by atoms with van der Waals surface area (Å²) in [5.74, 6) is -1.32. The summed E-state index contributed by atoms with van der Waals surface area (Å²) >= 11 is 0. The average molecular weight is 479 g/mol. The van der Waals surface area contributed by atoms with Crippen molar-refractivity contribution in [3.63, 3.8) is 0 Å². The molecule has 7 nitrogen and oxygen atoms in total. The van der Waals surface area contributed by atoms with Crippen LogP contribution in [0.4, 0.5) is 4.79 Å². The largest absolute Gasteiger partial charge is 0.480 e. The molecule has 35 heavy (non-hydrogen) atoms. The monoisotopic (exact) mass is 478 g/mol. The maximum atomic E-state index is 13.3. The molecule has 2 aliphatic rings. The first-order chi connectivity index (χ1) is 16.5. The van der Waals surface area contributed by atoms with E-state index in [9.17, 15) is 19.5 Å². The first-order valence-corrected chi connectivity index (χ1v) is 12.2. The Morgan fingerprint density at radius 2 is 1.63 bits per heavy atom. The summed E-state index contributed by atoms with van der Waals surface area (Å²) in [7, 11) is 0. The Morgan fingerprint density at radius 1 is 1.06 bits per heavy atom. The van der Waals surface area contributed by atoms with E-state index in [2.05, 4.69) is 29.6 Å². The van der Waals surface area contributed by atoms with Crippen molar-refractivity contribution in [3.8, 4) is 11.1 Å². The van der Waals surface area contributed by atoms with Gasteiger partial charge in [-0.2, -0.15) is 0 Å². The molecule has 7 heteroatoms. The predicted molar refractivity (Wildman–Crippen MR) is 133 cm³/mol. The van der Waals surface area contributed by atoms with E-state index >= 15 is 0 Å². The van der Waals surface area contributed by atoms with Crippen LogP contribution in [0.5, 0.6) is 0 Å². The number of alkyl carbamates (subject to hydrolysis) is 1. The lowest BCUT2D eigenvalue weighted by Crippen LogP contribution is -2.60. The average Bonchev–Trinajstić information content (AvgIpc) is 3.13. The topological polar surface area (TPSA) is 95.9 Å². The summed E-state index contributed by atoms with van der Waals surface area (Å²) < 4.78 is 5.58. The zero-order valence-electron chi connectivity index (χ0n) is 20.8. The van der Waals surface area contributed by atoms with Gasteiger partial charge in [0, 0.05) is 19.0 Å². The van der Waals surface area contributed by atoms with Gasteiger partial charge in [-0.05, 0) is 54.4 Å². The summed E-state index contributed by atoms with van der Waals surface area (Å²) in [6.07, 6.45) is 0.895. The van der Waals surface area contributed by atoms with Crippen LogP contribution < -0.4 is 5.32 Å². The number of nitrogens with one attached hydrogen (secondary N) is 1. The van der Waals surface area contributed by atoms with Crippen molar-refractivity contribution in [3.05, 3.63) is 59.7 Å². The fourth-order valence-corrected chi connectivity index (χ4v) is 5.49. The lowest BCUT2D eigenvalue weighted by Gasteiger charge is -2.46. The van der Waals surface area contributed by atoms with E-state index in [-0.39, 0.29) is 25.0 Å². The summed E-state index contributed by atoms with van der Waals surface area (Å²) in [6, 6.07) is 15.4. The Balaban J connectivity index is 1.38. The number of aliphatic carboxylic acids is 1. The smallest absolute Gasteiger partial charge is 0.407 e. The molecule has 1 atom stereocenters. The lowest BCUT2D eigenvalue weighted by molar-refractivity contribution is -0.163. The van der Waals surface area contributed by atoms with E-state index in [1.54, 1.807) is 13.8 Å². The van der Waals surface area contributed by atoms with Crippen LogP contribution in [0.25, 0.3) is 11.1 Å². The molecule has 4 rings (SSSR count). The number of amides is 2. The van der Waals surface area contributed by atoms with Gasteiger partial charge in [-0.3, -0.25) is 4.79 Å². The third-order valence-corrected chi connectivity index (χ3v) is 7.36. The number of carboxylic acid groups (broad SMARTS) is 1. The first kappa shape index (κ1) is 24.8. The van der Waals surface area contributed by atoms with Gasteiger partial charge in [0.2, 0.25) is 5.91 Å². The van der Waals surface area contributed by atoms with Crippen LogP contribution in [0.3, 0.4) is 0 Å². The maximum absolute atomic E-state index is 13.3.